The highest BCUT2D eigenvalue weighted by molar-refractivity contribution is 6.37. The van der Waals surface area contributed by atoms with Gasteiger partial charge in [0, 0.05) is 19.2 Å². The Morgan fingerprint density at radius 3 is 2.81 bits per heavy atom. The van der Waals surface area contributed by atoms with E-state index in [1.165, 1.54) is 0 Å². The van der Waals surface area contributed by atoms with Gasteiger partial charge < -0.3 is 19.9 Å². The molecule has 1 heterocycles. The smallest absolute Gasteiger partial charge is 0.156 e. The molecule has 0 spiro atoms. The summed E-state index contributed by atoms with van der Waals surface area (Å²) in [5.41, 5.74) is 0. The van der Waals surface area contributed by atoms with Gasteiger partial charge >= 0.3 is 0 Å². The fraction of sp³-hybridized carbons (Fsp3) is 0.600. The van der Waals surface area contributed by atoms with Crippen LogP contribution in [0.5, 0.6) is 5.75 Å². The van der Waals surface area contributed by atoms with Crippen LogP contribution in [-0.4, -0.2) is 43.1 Å². The molecule has 0 radical (unpaired) electrons. The van der Waals surface area contributed by atoms with E-state index in [-0.39, 0.29) is 12.7 Å². The van der Waals surface area contributed by atoms with Crippen molar-refractivity contribution in [2.45, 2.75) is 38.0 Å². The first-order valence-electron chi connectivity index (χ1n) is 7.16. The third kappa shape index (κ3) is 5.31. The minimum Gasteiger partial charge on any atom is -0.488 e. The van der Waals surface area contributed by atoms with Crippen LogP contribution in [-0.2, 0) is 4.74 Å². The van der Waals surface area contributed by atoms with Gasteiger partial charge in [0.25, 0.3) is 0 Å². The lowest BCUT2D eigenvalue weighted by Gasteiger charge is -2.28. The number of halogens is 2. The molecule has 3 unspecified atom stereocenters. The Kier molecular flexibility index (Phi) is 6.58. The van der Waals surface area contributed by atoms with E-state index in [1.807, 2.05) is 0 Å². The van der Waals surface area contributed by atoms with Gasteiger partial charge in [-0.05, 0) is 31.9 Å². The van der Waals surface area contributed by atoms with Crippen LogP contribution in [0.4, 0.5) is 0 Å². The lowest BCUT2D eigenvalue weighted by atomic mass is 10.0. The van der Waals surface area contributed by atoms with Gasteiger partial charge in [-0.25, -0.2) is 0 Å². The topological polar surface area (TPSA) is 50.7 Å². The summed E-state index contributed by atoms with van der Waals surface area (Å²) < 4.78 is 11.0. The molecule has 0 bridgehead atoms. The maximum absolute atomic E-state index is 9.98. The van der Waals surface area contributed by atoms with Gasteiger partial charge in [-0.15, -0.1) is 0 Å². The largest absolute Gasteiger partial charge is 0.488 e. The molecule has 1 saturated heterocycles. The molecule has 118 valence electrons. The molecule has 2 N–H and O–H groups in total. The van der Waals surface area contributed by atoms with E-state index in [1.54, 1.807) is 18.2 Å². The normalized spacial score (nSPS) is 23.8. The highest BCUT2D eigenvalue weighted by Gasteiger charge is 2.20. The zero-order chi connectivity index (χ0) is 15.2. The lowest BCUT2D eigenvalue weighted by Crippen LogP contribution is -2.42. The SMILES string of the molecule is CC1CC(NCC(O)COc2c(Cl)cccc2Cl)CCO1. The van der Waals surface area contributed by atoms with Crippen LogP contribution in [0.15, 0.2) is 18.2 Å². The van der Waals surface area contributed by atoms with Crippen LogP contribution < -0.4 is 10.1 Å². The predicted molar refractivity (Wildman–Crippen MR) is 84.4 cm³/mol. The molecule has 0 saturated carbocycles. The summed E-state index contributed by atoms with van der Waals surface area (Å²) in [5.74, 6) is 0.416. The van der Waals surface area contributed by atoms with Gasteiger partial charge in [-0.1, -0.05) is 29.3 Å². The van der Waals surface area contributed by atoms with E-state index in [0.29, 0.717) is 28.4 Å². The Labute approximate surface area is 135 Å². The standard InChI is InChI=1S/C15H21Cl2NO3/c1-10-7-11(5-6-20-10)18-8-12(19)9-21-15-13(16)3-2-4-14(15)17/h2-4,10-12,18-19H,5-9H2,1H3. The Bertz CT molecular complexity index is 438. The number of ether oxygens (including phenoxy) is 2. The number of para-hydroxylation sites is 1. The highest BCUT2D eigenvalue weighted by atomic mass is 35.5. The van der Waals surface area contributed by atoms with E-state index in [0.717, 1.165) is 19.4 Å². The number of hydrogen-bond donors (Lipinski definition) is 2. The zero-order valence-electron chi connectivity index (χ0n) is 12.0. The average molecular weight is 334 g/mol. The van der Waals surface area contributed by atoms with Crippen molar-refractivity contribution in [3.63, 3.8) is 0 Å². The molecule has 21 heavy (non-hydrogen) atoms. The minimum absolute atomic E-state index is 0.148. The van der Waals surface area contributed by atoms with Crippen molar-refractivity contribution in [2.24, 2.45) is 0 Å². The summed E-state index contributed by atoms with van der Waals surface area (Å²) in [6.45, 7) is 3.45. The van der Waals surface area contributed by atoms with Crippen molar-refractivity contribution in [1.82, 2.24) is 5.32 Å². The number of aliphatic hydroxyl groups is 1. The van der Waals surface area contributed by atoms with E-state index < -0.39 is 6.10 Å². The molecule has 3 atom stereocenters. The monoisotopic (exact) mass is 333 g/mol. The molecule has 0 aliphatic carbocycles. The Hall–Kier alpha value is -0.520. The first kappa shape index (κ1) is 16.8. The number of rotatable bonds is 6. The molecule has 0 amide bonds. The molecule has 1 aromatic carbocycles. The van der Waals surface area contributed by atoms with Gasteiger partial charge in [-0.3, -0.25) is 0 Å². The molecule has 1 fully saturated rings. The van der Waals surface area contributed by atoms with E-state index in [2.05, 4.69) is 12.2 Å². The Morgan fingerprint density at radius 1 is 1.43 bits per heavy atom. The second kappa shape index (κ2) is 8.20. The number of nitrogens with one attached hydrogen (secondary N) is 1. The van der Waals surface area contributed by atoms with Crippen LogP contribution in [0.25, 0.3) is 0 Å². The summed E-state index contributed by atoms with van der Waals surface area (Å²) in [4.78, 5) is 0. The molecule has 0 aromatic heterocycles. The van der Waals surface area contributed by atoms with Crippen LogP contribution in [0.1, 0.15) is 19.8 Å². The van der Waals surface area contributed by atoms with E-state index >= 15 is 0 Å². The van der Waals surface area contributed by atoms with Crippen molar-refractivity contribution in [1.29, 1.82) is 0 Å². The minimum atomic E-state index is -0.615. The summed E-state index contributed by atoms with van der Waals surface area (Å²) in [5, 5.41) is 14.2. The number of benzene rings is 1. The number of hydrogen-bond acceptors (Lipinski definition) is 4. The van der Waals surface area contributed by atoms with Crippen molar-refractivity contribution in [3.8, 4) is 5.75 Å². The van der Waals surface area contributed by atoms with Gasteiger partial charge in [0.15, 0.2) is 5.75 Å². The van der Waals surface area contributed by atoms with Crippen LogP contribution in [0, 0.1) is 0 Å². The van der Waals surface area contributed by atoms with Gasteiger partial charge in [0.1, 0.15) is 12.7 Å². The summed E-state index contributed by atoms with van der Waals surface area (Å²) in [6.07, 6.45) is 1.58. The molecular weight excluding hydrogens is 313 g/mol. The van der Waals surface area contributed by atoms with Crippen LogP contribution in [0.3, 0.4) is 0 Å². The molecule has 1 aromatic rings. The molecule has 6 heteroatoms. The lowest BCUT2D eigenvalue weighted by molar-refractivity contribution is 0.00967. The first-order chi connectivity index (χ1) is 10.1. The van der Waals surface area contributed by atoms with E-state index in [4.69, 9.17) is 32.7 Å². The molecule has 1 aliphatic heterocycles. The van der Waals surface area contributed by atoms with Crippen molar-refractivity contribution < 1.29 is 14.6 Å². The average Bonchev–Trinajstić information content (AvgIpc) is 2.45. The van der Waals surface area contributed by atoms with Crippen LogP contribution in [0.2, 0.25) is 10.0 Å². The van der Waals surface area contributed by atoms with Gasteiger partial charge in [-0.2, -0.15) is 0 Å². The van der Waals surface area contributed by atoms with E-state index in [9.17, 15) is 5.11 Å². The zero-order valence-corrected chi connectivity index (χ0v) is 13.5. The fourth-order valence-electron chi connectivity index (χ4n) is 2.35. The first-order valence-corrected chi connectivity index (χ1v) is 7.91. The highest BCUT2D eigenvalue weighted by Crippen LogP contribution is 2.32. The van der Waals surface area contributed by atoms with Crippen molar-refractivity contribution in [2.75, 3.05) is 19.8 Å². The number of aliphatic hydroxyl groups excluding tert-OH is 1. The quantitative estimate of drug-likeness (QED) is 0.840. The Balaban J connectivity index is 1.73. The van der Waals surface area contributed by atoms with Crippen molar-refractivity contribution in [3.05, 3.63) is 28.2 Å². The maximum atomic E-state index is 9.98. The predicted octanol–water partition coefficient (Wildman–Crippen LogP) is 2.89. The summed E-state index contributed by atoms with van der Waals surface area (Å²) >= 11 is 12.0. The molecule has 2 rings (SSSR count). The molecule has 1 aliphatic rings. The van der Waals surface area contributed by atoms with Gasteiger partial charge in [0.2, 0.25) is 0 Å². The summed E-state index contributed by atoms with van der Waals surface area (Å²) in [6, 6.07) is 5.54. The maximum Gasteiger partial charge on any atom is 0.156 e. The fourth-order valence-corrected chi connectivity index (χ4v) is 2.85. The third-order valence-electron chi connectivity index (χ3n) is 3.47. The second-order valence-corrected chi connectivity index (χ2v) is 6.14. The van der Waals surface area contributed by atoms with Crippen LogP contribution >= 0.6 is 23.2 Å². The molecular formula is C15H21Cl2NO3. The second-order valence-electron chi connectivity index (χ2n) is 5.33. The molecule has 4 nitrogen and oxygen atoms in total. The summed E-state index contributed by atoms with van der Waals surface area (Å²) in [7, 11) is 0. The third-order valence-corrected chi connectivity index (χ3v) is 4.06. The van der Waals surface area contributed by atoms with Gasteiger partial charge in [0.05, 0.1) is 16.1 Å². The Morgan fingerprint density at radius 2 is 2.14 bits per heavy atom. The van der Waals surface area contributed by atoms with Crippen molar-refractivity contribution >= 4 is 23.2 Å².